The van der Waals surface area contributed by atoms with E-state index in [1.165, 1.54) is 17.0 Å². The van der Waals surface area contributed by atoms with E-state index >= 15 is 0 Å². The second-order valence-electron chi connectivity index (χ2n) is 4.16. The first-order valence-electron chi connectivity index (χ1n) is 6.39. The molecule has 0 spiro atoms. The molecule has 1 rings (SSSR count). The summed E-state index contributed by atoms with van der Waals surface area (Å²) in [5.41, 5.74) is 0. The number of hydrogen-bond donors (Lipinski definition) is 1. The maximum Gasteiger partial charge on any atom is 0.247 e. The van der Waals surface area contributed by atoms with Crippen LogP contribution in [0.5, 0.6) is 0 Å². The minimum absolute atomic E-state index is 0.00416. The molecule has 1 amide bonds. The molecule has 0 saturated carbocycles. The number of carbonyl (C=O) groups excluding carboxylic acids is 1. The fourth-order valence-corrected chi connectivity index (χ4v) is 2.62. The monoisotopic (exact) mass is 297 g/mol. The molecule has 1 aromatic carbocycles. The van der Waals surface area contributed by atoms with Crippen molar-refractivity contribution in [1.82, 2.24) is 4.90 Å². The first kappa shape index (κ1) is 16.4. The van der Waals surface area contributed by atoms with Gasteiger partial charge in [-0.1, -0.05) is 18.2 Å². The number of rotatable bonds is 7. The molecule has 0 radical (unpaired) electrons. The van der Waals surface area contributed by atoms with Gasteiger partial charge in [-0.25, -0.2) is 8.42 Å². The normalized spacial score (nSPS) is 11.7. The van der Waals surface area contributed by atoms with E-state index in [1.54, 1.807) is 25.1 Å². The van der Waals surface area contributed by atoms with Gasteiger partial charge in [0.15, 0.2) is 9.84 Å². The van der Waals surface area contributed by atoms with E-state index in [2.05, 4.69) is 0 Å². The van der Waals surface area contributed by atoms with Gasteiger partial charge >= 0.3 is 0 Å². The van der Waals surface area contributed by atoms with Gasteiger partial charge in [-0.15, -0.1) is 0 Å². The molecule has 20 heavy (non-hydrogen) atoms. The van der Waals surface area contributed by atoms with Crippen molar-refractivity contribution in [3.63, 3.8) is 0 Å². The summed E-state index contributed by atoms with van der Waals surface area (Å²) >= 11 is 0. The van der Waals surface area contributed by atoms with E-state index in [0.29, 0.717) is 19.5 Å². The first-order valence-corrected chi connectivity index (χ1v) is 7.94. The molecule has 0 unspecified atom stereocenters. The Morgan fingerprint density at radius 2 is 1.95 bits per heavy atom. The van der Waals surface area contributed by atoms with Gasteiger partial charge in [0.05, 0.1) is 4.90 Å². The van der Waals surface area contributed by atoms with Gasteiger partial charge in [0.2, 0.25) is 5.91 Å². The van der Waals surface area contributed by atoms with Crippen molar-refractivity contribution in [2.45, 2.75) is 18.2 Å². The van der Waals surface area contributed by atoms with Crippen molar-refractivity contribution < 1.29 is 18.3 Å². The fourth-order valence-electron chi connectivity index (χ4n) is 1.63. The lowest BCUT2D eigenvalue weighted by molar-refractivity contribution is -0.126. The van der Waals surface area contributed by atoms with Crippen molar-refractivity contribution in [2.24, 2.45) is 0 Å². The third-order valence-electron chi connectivity index (χ3n) is 2.74. The van der Waals surface area contributed by atoms with Crippen LogP contribution in [0.25, 0.3) is 0 Å². The molecular formula is C14H19NO4S. The molecule has 0 aliphatic heterocycles. The number of aliphatic hydroxyl groups excluding tert-OH is 1. The van der Waals surface area contributed by atoms with E-state index in [9.17, 15) is 13.2 Å². The summed E-state index contributed by atoms with van der Waals surface area (Å²) in [4.78, 5) is 13.5. The van der Waals surface area contributed by atoms with E-state index in [-0.39, 0.29) is 17.4 Å². The summed E-state index contributed by atoms with van der Waals surface area (Å²) in [5, 5.41) is 9.67. The smallest absolute Gasteiger partial charge is 0.247 e. The molecule has 0 bridgehead atoms. The maximum atomic E-state index is 12.0. The lowest BCUT2D eigenvalue weighted by Gasteiger charge is -2.18. The molecule has 0 fully saturated rings. The Labute approximate surface area is 119 Å². The van der Waals surface area contributed by atoms with Crippen molar-refractivity contribution in [3.05, 3.63) is 41.8 Å². The third-order valence-corrected chi connectivity index (χ3v) is 4.16. The molecule has 0 aliphatic rings. The van der Waals surface area contributed by atoms with Crippen LogP contribution in [-0.2, 0) is 14.6 Å². The second kappa shape index (κ2) is 7.81. The van der Waals surface area contributed by atoms with Crippen molar-refractivity contribution in [2.75, 3.05) is 19.7 Å². The van der Waals surface area contributed by atoms with Crippen LogP contribution in [0.2, 0.25) is 0 Å². The summed E-state index contributed by atoms with van der Waals surface area (Å²) in [5.74, 6) is -0.375. The summed E-state index contributed by atoms with van der Waals surface area (Å²) in [6.45, 7) is 2.67. The number of hydrogen-bond acceptors (Lipinski definition) is 4. The molecule has 110 valence electrons. The van der Waals surface area contributed by atoms with E-state index in [0.717, 1.165) is 11.5 Å². The number of likely N-dealkylation sites (N-methyl/N-ethyl adjacent to an activating group) is 1. The average Bonchev–Trinajstić information content (AvgIpc) is 2.47. The summed E-state index contributed by atoms with van der Waals surface area (Å²) < 4.78 is 23.9. The molecule has 1 aromatic rings. The predicted octanol–water partition coefficient (Wildman–Crippen LogP) is 1.20. The van der Waals surface area contributed by atoms with Gasteiger partial charge in [0.1, 0.15) is 0 Å². The van der Waals surface area contributed by atoms with Crippen LogP contribution in [-0.4, -0.2) is 44.0 Å². The van der Waals surface area contributed by atoms with Crippen LogP contribution >= 0.6 is 0 Å². The minimum atomic E-state index is -3.60. The Morgan fingerprint density at radius 1 is 1.30 bits per heavy atom. The highest BCUT2D eigenvalue weighted by Gasteiger charge is 2.12. The Balaban J connectivity index is 2.78. The fraction of sp³-hybridized carbons (Fsp3) is 0.357. The topological polar surface area (TPSA) is 74.7 Å². The Hall–Kier alpha value is -1.66. The second-order valence-corrected chi connectivity index (χ2v) is 5.99. The summed E-state index contributed by atoms with van der Waals surface area (Å²) in [6.07, 6.45) is 1.53. The number of amides is 1. The first-order chi connectivity index (χ1) is 9.51. The maximum absolute atomic E-state index is 12.0. The van der Waals surface area contributed by atoms with Crippen molar-refractivity contribution in [3.8, 4) is 0 Å². The van der Waals surface area contributed by atoms with Crippen LogP contribution < -0.4 is 0 Å². The molecule has 6 heteroatoms. The standard InChI is InChI=1S/C14H19NO4S/c1-2-15(10-6-11-16)14(17)9-12-20(18,19)13-7-4-3-5-8-13/h3-5,7-9,12,16H,2,6,10-11H2,1H3/b12-9+. The number of sulfone groups is 1. The van der Waals surface area contributed by atoms with E-state index in [1.807, 2.05) is 0 Å². The highest BCUT2D eigenvalue weighted by atomic mass is 32.2. The largest absolute Gasteiger partial charge is 0.396 e. The molecule has 0 aromatic heterocycles. The zero-order valence-electron chi connectivity index (χ0n) is 11.4. The molecule has 1 N–H and O–H groups in total. The minimum Gasteiger partial charge on any atom is -0.396 e. The number of carbonyl (C=O) groups is 1. The quantitative estimate of drug-likeness (QED) is 0.768. The Morgan fingerprint density at radius 3 is 2.50 bits per heavy atom. The van der Waals surface area contributed by atoms with E-state index in [4.69, 9.17) is 5.11 Å². The third kappa shape index (κ3) is 4.79. The molecule has 0 heterocycles. The zero-order chi connectivity index (χ0) is 15.0. The van der Waals surface area contributed by atoms with Gasteiger partial charge < -0.3 is 10.0 Å². The molecule has 5 nitrogen and oxygen atoms in total. The summed E-state index contributed by atoms with van der Waals surface area (Å²) in [7, 11) is -3.60. The average molecular weight is 297 g/mol. The highest BCUT2D eigenvalue weighted by molar-refractivity contribution is 7.94. The zero-order valence-corrected chi connectivity index (χ0v) is 12.2. The van der Waals surface area contributed by atoms with Crippen molar-refractivity contribution >= 4 is 15.7 Å². The van der Waals surface area contributed by atoms with Gasteiger partial charge in [-0.2, -0.15) is 0 Å². The number of aliphatic hydroxyl groups is 1. The summed E-state index contributed by atoms with van der Waals surface area (Å²) in [6, 6.07) is 7.94. The van der Waals surface area contributed by atoms with Gasteiger partial charge in [-0.05, 0) is 25.5 Å². The van der Waals surface area contributed by atoms with Crippen LogP contribution in [0.3, 0.4) is 0 Å². The molecule has 0 atom stereocenters. The van der Waals surface area contributed by atoms with Gasteiger partial charge in [-0.3, -0.25) is 4.79 Å². The lowest BCUT2D eigenvalue weighted by atomic mass is 10.3. The molecular weight excluding hydrogens is 278 g/mol. The van der Waals surface area contributed by atoms with Crippen LogP contribution in [0.15, 0.2) is 46.7 Å². The van der Waals surface area contributed by atoms with Crippen LogP contribution in [0, 0.1) is 0 Å². The van der Waals surface area contributed by atoms with Crippen molar-refractivity contribution in [1.29, 1.82) is 0 Å². The lowest BCUT2D eigenvalue weighted by Crippen LogP contribution is -2.30. The number of benzene rings is 1. The van der Waals surface area contributed by atoms with Crippen LogP contribution in [0.1, 0.15) is 13.3 Å². The van der Waals surface area contributed by atoms with E-state index < -0.39 is 9.84 Å². The van der Waals surface area contributed by atoms with Gasteiger partial charge in [0.25, 0.3) is 0 Å². The highest BCUT2D eigenvalue weighted by Crippen LogP contribution is 2.11. The molecule has 0 aliphatic carbocycles. The Kier molecular flexibility index (Phi) is 6.41. The Bertz CT molecular complexity index is 552. The molecule has 0 saturated heterocycles. The predicted molar refractivity (Wildman–Crippen MR) is 76.7 cm³/mol. The number of nitrogens with zero attached hydrogens (tertiary/aromatic N) is 1. The SMILES string of the molecule is CCN(CCCO)C(=O)/C=C/S(=O)(=O)c1ccccc1. The van der Waals surface area contributed by atoms with Gasteiger partial charge in [0, 0.05) is 31.2 Å². The van der Waals surface area contributed by atoms with Crippen LogP contribution in [0.4, 0.5) is 0 Å².